The Morgan fingerprint density at radius 2 is 1.85 bits per heavy atom. The van der Waals surface area contributed by atoms with Crippen molar-refractivity contribution in [3.63, 3.8) is 0 Å². The van der Waals surface area contributed by atoms with Gasteiger partial charge < -0.3 is 18.8 Å². The fourth-order valence-corrected chi connectivity index (χ4v) is 4.23. The summed E-state index contributed by atoms with van der Waals surface area (Å²) in [5, 5.41) is 0.504. The van der Waals surface area contributed by atoms with E-state index in [4.69, 9.17) is 25.8 Å². The molecular weight excluding hydrogens is 452 g/mol. The van der Waals surface area contributed by atoms with Crippen molar-refractivity contribution < 1.29 is 19.0 Å². The third-order valence-electron chi connectivity index (χ3n) is 5.66. The van der Waals surface area contributed by atoms with Gasteiger partial charge >= 0.3 is 5.97 Å². The Hall–Kier alpha value is -3.45. The molecule has 34 heavy (non-hydrogen) atoms. The topological polar surface area (TPSA) is 62.6 Å². The molecule has 1 aliphatic rings. The summed E-state index contributed by atoms with van der Waals surface area (Å²) in [4.78, 5) is 16.7. The number of hydrogen-bond acceptors (Lipinski definition) is 5. The summed E-state index contributed by atoms with van der Waals surface area (Å²) in [5.74, 6) is -1.05. The lowest BCUT2D eigenvalue weighted by atomic mass is 10.00. The van der Waals surface area contributed by atoms with Crippen LogP contribution in [0.1, 0.15) is 12.0 Å². The lowest BCUT2D eigenvalue weighted by Gasteiger charge is -2.29. The van der Waals surface area contributed by atoms with Gasteiger partial charge in [-0.3, -0.25) is 4.79 Å². The lowest BCUT2D eigenvalue weighted by Crippen LogP contribution is -2.33. The standard InChI is InChI=1S/C27H23ClN2O4/c28-23-7-4-8-24(15-23)33-26(31)16-25-17-32-27(34-25,18-30-14-13-29-19-30)22-11-9-21(10-12-22)20-5-2-1-3-6-20/h1-15,19,25H,16-18H2/t25-,27-/m0/s1. The highest BCUT2D eigenvalue weighted by Crippen LogP contribution is 2.38. The van der Waals surface area contributed by atoms with E-state index in [0.717, 1.165) is 16.7 Å². The minimum atomic E-state index is -1.04. The third kappa shape index (κ3) is 5.04. The molecule has 4 aromatic rings. The predicted molar refractivity (Wildman–Crippen MR) is 128 cm³/mol. The van der Waals surface area contributed by atoms with Gasteiger partial charge in [0.2, 0.25) is 5.79 Å². The number of imidazole rings is 1. The second-order valence-corrected chi connectivity index (χ2v) is 8.55. The predicted octanol–water partition coefficient (Wildman–Crippen LogP) is 5.47. The van der Waals surface area contributed by atoms with E-state index in [-0.39, 0.29) is 13.0 Å². The Morgan fingerprint density at radius 3 is 2.59 bits per heavy atom. The van der Waals surface area contributed by atoms with Crippen molar-refractivity contribution in [1.82, 2.24) is 9.55 Å². The largest absolute Gasteiger partial charge is 0.426 e. The van der Waals surface area contributed by atoms with Gasteiger partial charge in [0.25, 0.3) is 0 Å². The molecule has 1 fully saturated rings. The molecule has 0 bridgehead atoms. The number of nitrogens with zero attached hydrogens (tertiary/aromatic N) is 2. The maximum atomic E-state index is 12.5. The first kappa shape index (κ1) is 22.3. The molecule has 0 unspecified atom stereocenters. The maximum Gasteiger partial charge on any atom is 0.313 e. The van der Waals surface area contributed by atoms with E-state index >= 15 is 0 Å². The van der Waals surface area contributed by atoms with E-state index in [1.165, 1.54) is 0 Å². The molecule has 0 saturated carbocycles. The normalized spacial score (nSPS) is 19.7. The summed E-state index contributed by atoms with van der Waals surface area (Å²) in [6.45, 7) is 0.664. The molecule has 1 saturated heterocycles. The summed E-state index contributed by atoms with van der Waals surface area (Å²) in [6.07, 6.45) is 4.88. The fourth-order valence-electron chi connectivity index (χ4n) is 4.05. The van der Waals surface area contributed by atoms with E-state index in [2.05, 4.69) is 17.1 Å². The number of ether oxygens (including phenoxy) is 3. The SMILES string of the molecule is O=C(C[C@H]1CO[C@](Cn2ccnc2)(c2ccc(-c3ccccc3)cc2)O1)Oc1cccc(Cl)c1. The van der Waals surface area contributed by atoms with Crippen molar-refractivity contribution >= 4 is 17.6 Å². The van der Waals surface area contributed by atoms with Crippen molar-refractivity contribution in [3.8, 4) is 16.9 Å². The number of carbonyl (C=O) groups is 1. The number of carbonyl (C=O) groups excluding carboxylic acids is 1. The number of rotatable bonds is 7. The van der Waals surface area contributed by atoms with Gasteiger partial charge in [0.15, 0.2) is 0 Å². The maximum absolute atomic E-state index is 12.5. The van der Waals surface area contributed by atoms with Crippen LogP contribution in [0, 0.1) is 0 Å². The highest BCUT2D eigenvalue weighted by Gasteiger charge is 2.44. The van der Waals surface area contributed by atoms with E-state index in [0.29, 0.717) is 17.3 Å². The minimum absolute atomic E-state index is 0.0558. The van der Waals surface area contributed by atoms with Crippen LogP contribution >= 0.6 is 11.6 Å². The van der Waals surface area contributed by atoms with Crippen molar-refractivity contribution in [2.45, 2.75) is 24.9 Å². The Bertz CT molecular complexity index is 1250. The van der Waals surface area contributed by atoms with Gasteiger partial charge in [-0.05, 0) is 29.3 Å². The van der Waals surface area contributed by atoms with E-state index in [1.807, 2.05) is 53.2 Å². The molecule has 172 valence electrons. The molecule has 1 aromatic heterocycles. The van der Waals surface area contributed by atoms with E-state index in [9.17, 15) is 4.79 Å². The summed E-state index contributed by atoms with van der Waals surface area (Å²) in [6, 6.07) is 25.0. The third-order valence-corrected chi connectivity index (χ3v) is 5.90. The van der Waals surface area contributed by atoms with Crippen LogP contribution in [0.3, 0.4) is 0 Å². The van der Waals surface area contributed by atoms with Crippen LogP contribution in [-0.4, -0.2) is 28.2 Å². The second kappa shape index (κ2) is 9.81. The van der Waals surface area contributed by atoms with Crippen LogP contribution in [-0.2, 0) is 26.6 Å². The quantitative estimate of drug-likeness (QED) is 0.262. The van der Waals surface area contributed by atoms with Gasteiger partial charge in [-0.2, -0.15) is 0 Å². The second-order valence-electron chi connectivity index (χ2n) is 8.12. The minimum Gasteiger partial charge on any atom is -0.426 e. The average molecular weight is 475 g/mol. The van der Waals surface area contributed by atoms with Gasteiger partial charge in [-0.15, -0.1) is 0 Å². The molecule has 0 aliphatic carbocycles. The zero-order chi connectivity index (χ0) is 23.4. The molecule has 7 heteroatoms. The monoisotopic (exact) mass is 474 g/mol. The highest BCUT2D eigenvalue weighted by atomic mass is 35.5. The molecular formula is C27H23ClN2O4. The first-order valence-corrected chi connectivity index (χ1v) is 11.4. The van der Waals surface area contributed by atoms with Crippen LogP contribution in [0.4, 0.5) is 0 Å². The van der Waals surface area contributed by atoms with Crippen LogP contribution < -0.4 is 4.74 Å². The summed E-state index contributed by atoms with van der Waals surface area (Å²) in [5.41, 5.74) is 3.10. The van der Waals surface area contributed by atoms with E-state index < -0.39 is 17.9 Å². The molecule has 0 radical (unpaired) electrons. The Labute approximate surface area is 202 Å². The summed E-state index contributed by atoms with van der Waals surface area (Å²) in [7, 11) is 0. The number of benzene rings is 3. The van der Waals surface area contributed by atoms with Gasteiger partial charge in [0.1, 0.15) is 5.75 Å². The Kier molecular flexibility index (Phi) is 6.45. The molecule has 2 heterocycles. The molecule has 3 aromatic carbocycles. The van der Waals surface area contributed by atoms with Crippen molar-refractivity contribution in [2.24, 2.45) is 0 Å². The van der Waals surface area contributed by atoms with Crippen LogP contribution in [0.2, 0.25) is 5.02 Å². The first-order chi connectivity index (χ1) is 16.6. The zero-order valence-corrected chi connectivity index (χ0v) is 19.1. The number of hydrogen-bond donors (Lipinski definition) is 0. The van der Waals surface area contributed by atoms with Gasteiger partial charge in [-0.1, -0.05) is 72.3 Å². The summed E-state index contributed by atoms with van der Waals surface area (Å²) >= 11 is 5.98. The first-order valence-electron chi connectivity index (χ1n) is 11.0. The number of aromatic nitrogens is 2. The molecule has 6 nitrogen and oxygen atoms in total. The molecule has 2 atom stereocenters. The van der Waals surface area contributed by atoms with Crippen molar-refractivity contribution in [1.29, 1.82) is 0 Å². The highest BCUT2D eigenvalue weighted by molar-refractivity contribution is 6.30. The molecule has 0 amide bonds. The number of halogens is 1. The van der Waals surface area contributed by atoms with Crippen LogP contribution in [0.5, 0.6) is 5.75 Å². The van der Waals surface area contributed by atoms with Crippen molar-refractivity contribution in [2.75, 3.05) is 6.61 Å². The van der Waals surface area contributed by atoms with E-state index in [1.54, 1.807) is 36.8 Å². The fraction of sp³-hybridized carbons (Fsp3) is 0.185. The number of esters is 1. The van der Waals surface area contributed by atoms with Crippen molar-refractivity contribution in [3.05, 3.63) is 108 Å². The van der Waals surface area contributed by atoms with Crippen LogP contribution in [0.15, 0.2) is 97.6 Å². The smallest absolute Gasteiger partial charge is 0.313 e. The Balaban J connectivity index is 1.34. The average Bonchev–Trinajstić information content (AvgIpc) is 3.50. The molecule has 1 aliphatic heterocycles. The molecule has 5 rings (SSSR count). The lowest BCUT2D eigenvalue weighted by molar-refractivity contribution is -0.188. The molecule has 0 spiro atoms. The Morgan fingerprint density at radius 1 is 1.06 bits per heavy atom. The van der Waals surface area contributed by atoms with Gasteiger partial charge in [0.05, 0.1) is 32.0 Å². The summed E-state index contributed by atoms with van der Waals surface area (Å²) < 4.78 is 19.9. The van der Waals surface area contributed by atoms with Gasteiger partial charge in [-0.25, -0.2) is 4.98 Å². The van der Waals surface area contributed by atoms with Gasteiger partial charge in [0, 0.05) is 23.0 Å². The van der Waals surface area contributed by atoms with Crippen LogP contribution in [0.25, 0.3) is 11.1 Å². The zero-order valence-electron chi connectivity index (χ0n) is 18.3. The molecule has 0 N–H and O–H groups in total.